The summed E-state index contributed by atoms with van der Waals surface area (Å²) >= 11 is 0. The van der Waals surface area contributed by atoms with Gasteiger partial charge >= 0.3 is 5.69 Å². The van der Waals surface area contributed by atoms with Gasteiger partial charge in [0.2, 0.25) is 5.75 Å². The highest BCUT2D eigenvalue weighted by atomic mass is 16.6. The van der Waals surface area contributed by atoms with Crippen LogP contribution in [0.5, 0.6) is 11.5 Å². The second-order valence-electron chi connectivity index (χ2n) is 4.13. The summed E-state index contributed by atoms with van der Waals surface area (Å²) in [6.07, 6.45) is 0. The van der Waals surface area contributed by atoms with Crippen LogP contribution in [-0.2, 0) is 11.3 Å². The van der Waals surface area contributed by atoms with Crippen LogP contribution in [0.1, 0.15) is 5.56 Å². The molecule has 6 heteroatoms. The first kappa shape index (κ1) is 13.8. The Hall–Kier alpha value is -2.60. The molecule has 0 amide bonds. The van der Waals surface area contributed by atoms with Gasteiger partial charge < -0.3 is 15.2 Å². The Morgan fingerprint density at radius 1 is 1.25 bits per heavy atom. The number of anilines is 1. The number of nitro benzene ring substituents is 1. The van der Waals surface area contributed by atoms with Crippen molar-refractivity contribution in [2.24, 2.45) is 0 Å². The lowest BCUT2D eigenvalue weighted by molar-refractivity contribution is -0.384. The minimum Gasteiger partial charge on any atom is -0.450 e. The van der Waals surface area contributed by atoms with E-state index < -0.39 is 4.92 Å². The summed E-state index contributed by atoms with van der Waals surface area (Å²) in [4.78, 5) is 10.5. The lowest BCUT2D eigenvalue weighted by Crippen LogP contribution is -1.98. The highest BCUT2D eigenvalue weighted by Crippen LogP contribution is 2.35. The molecule has 2 N–H and O–H groups in total. The van der Waals surface area contributed by atoms with Crippen LogP contribution in [0.15, 0.2) is 42.5 Å². The summed E-state index contributed by atoms with van der Waals surface area (Å²) in [5.74, 6) is 0.609. The molecule has 2 aromatic rings. The molecule has 0 spiro atoms. The number of hydrogen-bond donors (Lipinski definition) is 1. The highest BCUT2D eigenvalue weighted by molar-refractivity contribution is 5.66. The van der Waals surface area contributed by atoms with E-state index in [1.807, 2.05) is 6.07 Å². The normalized spacial score (nSPS) is 10.2. The molecule has 0 aromatic heterocycles. The predicted octanol–water partition coefficient (Wildman–Crippen LogP) is 3.12. The topological polar surface area (TPSA) is 87.6 Å². The van der Waals surface area contributed by atoms with Crippen molar-refractivity contribution < 1.29 is 14.4 Å². The average Bonchev–Trinajstić information content (AvgIpc) is 2.39. The van der Waals surface area contributed by atoms with Gasteiger partial charge in [-0.2, -0.15) is 0 Å². The van der Waals surface area contributed by atoms with Crippen LogP contribution in [0.25, 0.3) is 0 Å². The van der Waals surface area contributed by atoms with E-state index in [2.05, 4.69) is 0 Å². The summed E-state index contributed by atoms with van der Waals surface area (Å²) in [6, 6.07) is 11.7. The van der Waals surface area contributed by atoms with Crippen molar-refractivity contribution in [3.05, 3.63) is 58.1 Å². The summed E-state index contributed by atoms with van der Waals surface area (Å²) in [5.41, 5.74) is 6.36. The van der Waals surface area contributed by atoms with Gasteiger partial charge in [-0.05, 0) is 29.8 Å². The van der Waals surface area contributed by atoms with Gasteiger partial charge in [0.25, 0.3) is 0 Å². The molecular weight excluding hydrogens is 260 g/mol. The van der Waals surface area contributed by atoms with Crippen LogP contribution in [0.2, 0.25) is 0 Å². The SMILES string of the molecule is COCc1cccc(Oc2cccc(N)c2[N+](=O)[O-])c1. The van der Waals surface area contributed by atoms with Crippen LogP contribution in [0.4, 0.5) is 11.4 Å². The van der Waals surface area contributed by atoms with Gasteiger partial charge in [-0.25, -0.2) is 0 Å². The van der Waals surface area contributed by atoms with E-state index in [0.29, 0.717) is 12.4 Å². The fraction of sp³-hybridized carbons (Fsp3) is 0.143. The fourth-order valence-corrected chi connectivity index (χ4v) is 1.81. The Bertz CT molecular complexity index is 628. The molecule has 2 rings (SSSR count). The van der Waals surface area contributed by atoms with Gasteiger partial charge in [0.15, 0.2) is 0 Å². The molecule has 0 unspecified atom stereocenters. The maximum absolute atomic E-state index is 11.0. The standard InChI is InChI=1S/C14H14N2O4/c1-19-9-10-4-2-5-11(8-10)20-13-7-3-6-12(15)14(13)16(17)18/h2-8H,9,15H2,1H3. The maximum atomic E-state index is 11.0. The number of rotatable bonds is 5. The Balaban J connectivity index is 2.32. The van der Waals surface area contributed by atoms with Crippen LogP contribution < -0.4 is 10.5 Å². The predicted molar refractivity (Wildman–Crippen MR) is 74.7 cm³/mol. The largest absolute Gasteiger partial charge is 0.450 e. The molecular formula is C14H14N2O4. The van der Waals surface area contributed by atoms with E-state index >= 15 is 0 Å². The lowest BCUT2D eigenvalue weighted by atomic mass is 10.2. The maximum Gasteiger partial charge on any atom is 0.334 e. The number of nitrogens with two attached hydrogens (primary N) is 1. The number of para-hydroxylation sites is 1. The van der Waals surface area contributed by atoms with Gasteiger partial charge in [0.1, 0.15) is 11.4 Å². The summed E-state index contributed by atoms with van der Waals surface area (Å²) in [7, 11) is 1.59. The summed E-state index contributed by atoms with van der Waals surface area (Å²) < 4.78 is 10.6. The number of nitro groups is 1. The Labute approximate surface area is 115 Å². The number of ether oxygens (including phenoxy) is 2. The van der Waals surface area contributed by atoms with Gasteiger partial charge in [-0.3, -0.25) is 10.1 Å². The van der Waals surface area contributed by atoms with Gasteiger partial charge in [0.05, 0.1) is 11.5 Å². The Kier molecular flexibility index (Phi) is 4.17. The monoisotopic (exact) mass is 274 g/mol. The molecule has 0 radical (unpaired) electrons. The molecule has 0 atom stereocenters. The molecule has 0 heterocycles. The van der Waals surface area contributed by atoms with E-state index in [4.69, 9.17) is 15.2 Å². The first-order chi connectivity index (χ1) is 9.61. The minimum atomic E-state index is -0.552. The number of hydrogen-bond acceptors (Lipinski definition) is 5. The second-order valence-corrected chi connectivity index (χ2v) is 4.13. The number of nitrogen functional groups attached to an aromatic ring is 1. The van der Waals surface area contributed by atoms with Crippen molar-refractivity contribution >= 4 is 11.4 Å². The van der Waals surface area contributed by atoms with Crippen LogP contribution in [-0.4, -0.2) is 12.0 Å². The Morgan fingerprint density at radius 3 is 2.70 bits per heavy atom. The first-order valence-electron chi connectivity index (χ1n) is 5.90. The third kappa shape index (κ3) is 3.04. The molecule has 104 valence electrons. The summed E-state index contributed by atoms with van der Waals surface area (Å²) in [5, 5.41) is 11.0. The molecule has 0 saturated heterocycles. The zero-order valence-corrected chi connectivity index (χ0v) is 10.9. The highest BCUT2D eigenvalue weighted by Gasteiger charge is 2.19. The van der Waals surface area contributed by atoms with E-state index in [9.17, 15) is 10.1 Å². The van der Waals surface area contributed by atoms with Crippen molar-refractivity contribution in [2.75, 3.05) is 12.8 Å². The van der Waals surface area contributed by atoms with Crippen molar-refractivity contribution in [1.82, 2.24) is 0 Å². The quantitative estimate of drug-likeness (QED) is 0.514. The fourth-order valence-electron chi connectivity index (χ4n) is 1.81. The molecule has 0 aliphatic heterocycles. The first-order valence-corrected chi connectivity index (χ1v) is 5.90. The number of nitrogens with zero attached hydrogens (tertiary/aromatic N) is 1. The molecule has 6 nitrogen and oxygen atoms in total. The van der Waals surface area contributed by atoms with Crippen LogP contribution >= 0.6 is 0 Å². The van der Waals surface area contributed by atoms with Gasteiger partial charge in [-0.1, -0.05) is 18.2 Å². The minimum absolute atomic E-state index is 0.0700. The molecule has 0 bridgehead atoms. The Morgan fingerprint density at radius 2 is 2.00 bits per heavy atom. The second kappa shape index (κ2) is 6.03. The number of methoxy groups -OCH3 is 1. The average molecular weight is 274 g/mol. The zero-order valence-electron chi connectivity index (χ0n) is 10.9. The van der Waals surface area contributed by atoms with E-state index in [1.54, 1.807) is 31.4 Å². The molecule has 0 aliphatic rings. The molecule has 20 heavy (non-hydrogen) atoms. The van der Waals surface area contributed by atoms with Crippen molar-refractivity contribution in [2.45, 2.75) is 6.61 Å². The van der Waals surface area contributed by atoms with Gasteiger partial charge in [-0.15, -0.1) is 0 Å². The van der Waals surface area contributed by atoms with Crippen LogP contribution in [0, 0.1) is 10.1 Å². The zero-order chi connectivity index (χ0) is 14.5. The van der Waals surface area contributed by atoms with Crippen molar-refractivity contribution in [3.8, 4) is 11.5 Å². The molecule has 0 saturated carbocycles. The van der Waals surface area contributed by atoms with Crippen molar-refractivity contribution in [3.63, 3.8) is 0 Å². The van der Waals surface area contributed by atoms with E-state index in [1.165, 1.54) is 12.1 Å². The molecule has 0 fully saturated rings. The van der Waals surface area contributed by atoms with Crippen molar-refractivity contribution in [1.29, 1.82) is 0 Å². The van der Waals surface area contributed by atoms with E-state index in [-0.39, 0.29) is 17.1 Å². The lowest BCUT2D eigenvalue weighted by Gasteiger charge is -2.08. The van der Waals surface area contributed by atoms with Gasteiger partial charge in [0, 0.05) is 7.11 Å². The smallest absolute Gasteiger partial charge is 0.334 e. The third-order valence-electron chi connectivity index (χ3n) is 2.65. The van der Waals surface area contributed by atoms with E-state index in [0.717, 1.165) is 5.56 Å². The third-order valence-corrected chi connectivity index (χ3v) is 2.65. The summed E-state index contributed by atoms with van der Waals surface area (Å²) in [6.45, 7) is 0.441. The molecule has 0 aliphatic carbocycles. The number of benzene rings is 2. The van der Waals surface area contributed by atoms with Crippen LogP contribution in [0.3, 0.4) is 0 Å². The molecule has 2 aromatic carbocycles.